The number of aromatic hydroxyl groups is 1. The maximum Gasteiger partial charge on any atom is 0.338 e. The zero-order chi connectivity index (χ0) is 37.3. The van der Waals surface area contributed by atoms with E-state index in [9.17, 15) is 29.1 Å². The summed E-state index contributed by atoms with van der Waals surface area (Å²) in [5.41, 5.74) is 1.61. The van der Waals surface area contributed by atoms with Crippen molar-refractivity contribution in [1.82, 2.24) is 0 Å². The van der Waals surface area contributed by atoms with E-state index in [0.29, 0.717) is 30.1 Å². The van der Waals surface area contributed by atoms with Crippen molar-refractivity contribution < 1.29 is 43.3 Å². The van der Waals surface area contributed by atoms with Gasteiger partial charge in [0.25, 0.3) is 0 Å². The molecule has 0 radical (unpaired) electrons. The number of phenolic OH excluding ortho intramolecular Hbond substituents is 1. The molecule has 0 fully saturated rings. The molecule has 0 aliphatic carbocycles. The number of esters is 3. The van der Waals surface area contributed by atoms with Crippen molar-refractivity contribution in [2.45, 2.75) is 92.4 Å². The number of benzene rings is 3. The zero-order valence-electron chi connectivity index (χ0n) is 30.6. The molecular weight excluding hydrogens is 648 g/mol. The third-order valence-corrected chi connectivity index (χ3v) is 9.06. The maximum atomic E-state index is 13.5. The predicted octanol–water partition coefficient (Wildman–Crippen LogP) is 9.66. The van der Waals surface area contributed by atoms with E-state index in [1.165, 1.54) is 48.5 Å². The summed E-state index contributed by atoms with van der Waals surface area (Å²) in [4.78, 5) is 64.5. The van der Waals surface area contributed by atoms with E-state index in [2.05, 4.69) is 27.7 Å². The Labute approximate surface area is 301 Å². The summed E-state index contributed by atoms with van der Waals surface area (Å²) < 4.78 is 16.8. The van der Waals surface area contributed by atoms with Crippen LogP contribution < -0.4 is 0 Å². The quantitative estimate of drug-likeness (QED) is 0.0655. The van der Waals surface area contributed by atoms with Crippen LogP contribution in [0.25, 0.3) is 22.3 Å². The number of hydrogen-bond acceptors (Lipinski definition) is 9. The van der Waals surface area contributed by atoms with Gasteiger partial charge in [-0.25, -0.2) is 14.4 Å². The average Bonchev–Trinajstić information content (AvgIpc) is 3.15. The molecule has 0 amide bonds. The molecule has 9 heteroatoms. The molecule has 0 saturated carbocycles. The Morgan fingerprint density at radius 2 is 1.08 bits per heavy atom. The molecule has 9 nitrogen and oxygen atoms in total. The van der Waals surface area contributed by atoms with Gasteiger partial charge in [0, 0.05) is 11.1 Å². The Morgan fingerprint density at radius 3 is 1.51 bits per heavy atom. The highest BCUT2D eigenvalue weighted by Crippen LogP contribution is 2.37. The fourth-order valence-electron chi connectivity index (χ4n) is 5.88. The highest BCUT2D eigenvalue weighted by atomic mass is 16.5. The van der Waals surface area contributed by atoms with Gasteiger partial charge in [0.2, 0.25) is 0 Å². The molecule has 0 heterocycles. The summed E-state index contributed by atoms with van der Waals surface area (Å²) in [5.74, 6) is -1.73. The van der Waals surface area contributed by atoms with Gasteiger partial charge in [0.05, 0.1) is 36.5 Å². The van der Waals surface area contributed by atoms with Crippen LogP contribution in [0.1, 0.15) is 144 Å². The van der Waals surface area contributed by atoms with Crippen LogP contribution in [0.5, 0.6) is 5.75 Å². The molecule has 274 valence electrons. The monoisotopic (exact) mass is 700 g/mol. The van der Waals surface area contributed by atoms with Crippen LogP contribution in [0.3, 0.4) is 0 Å². The molecule has 0 bridgehead atoms. The van der Waals surface area contributed by atoms with E-state index in [1.807, 2.05) is 6.92 Å². The number of carbonyl (C=O) groups excluding carboxylic acids is 5. The lowest BCUT2D eigenvalue weighted by Crippen LogP contribution is -2.16. The first kappa shape index (κ1) is 40.6. The molecule has 0 spiro atoms. The Kier molecular flexibility index (Phi) is 16.6. The van der Waals surface area contributed by atoms with Gasteiger partial charge in [-0.1, -0.05) is 73.1 Å². The van der Waals surface area contributed by atoms with Crippen molar-refractivity contribution in [3.63, 3.8) is 0 Å². The normalized spacial score (nSPS) is 12.1. The number of hydrogen-bond donors (Lipinski definition) is 1. The zero-order valence-corrected chi connectivity index (χ0v) is 30.6. The second kappa shape index (κ2) is 20.8. The van der Waals surface area contributed by atoms with Crippen LogP contribution in [-0.2, 0) is 14.2 Å². The van der Waals surface area contributed by atoms with E-state index >= 15 is 0 Å². The number of phenols is 1. The minimum atomic E-state index is -0.635. The van der Waals surface area contributed by atoms with Gasteiger partial charge in [0.1, 0.15) is 12.0 Å². The number of carbonyl (C=O) groups is 5. The minimum Gasteiger partial charge on any atom is -0.508 e. The van der Waals surface area contributed by atoms with Crippen molar-refractivity contribution >= 4 is 30.5 Å². The molecule has 2 unspecified atom stereocenters. The standard InChI is InChI=1S/C42H52O9/c1-6-11-13-28(9-4)26-50-41(47)34-19-32(20-35(21-34)42(48)51-27-29(10-5)14-12-7-2)38-23-36(45)22-37(39(38)25-44)31-16-30(24-43)17-33(18-31)40(46)49-15-8-3/h16-25,28-29,45H,6-15,26-27H2,1-5H3. The Morgan fingerprint density at radius 1 is 0.608 bits per heavy atom. The third kappa shape index (κ3) is 11.6. The lowest BCUT2D eigenvalue weighted by atomic mass is 9.89. The van der Waals surface area contributed by atoms with Crippen LogP contribution in [0.15, 0.2) is 48.5 Å². The molecule has 0 aliphatic heterocycles. The Bertz CT molecular complexity index is 1610. The van der Waals surface area contributed by atoms with Crippen LogP contribution in [0, 0.1) is 11.8 Å². The average molecular weight is 701 g/mol. The van der Waals surface area contributed by atoms with Gasteiger partial charge in [-0.3, -0.25) is 9.59 Å². The first-order valence-corrected chi connectivity index (χ1v) is 18.2. The van der Waals surface area contributed by atoms with Crippen LogP contribution in [0.2, 0.25) is 0 Å². The molecule has 3 rings (SSSR count). The molecule has 0 aromatic heterocycles. The van der Waals surface area contributed by atoms with E-state index < -0.39 is 17.9 Å². The summed E-state index contributed by atoms with van der Waals surface area (Å²) in [6.07, 6.45) is 9.42. The lowest BCUT2D eigenvalue weighted by Gasteiger charge is -2.18. The largest absolute Gasteiger partial charge is 0.508 e. The topological polar surface area (TPSA) is 133 Å². The number of unbranched alkanes of at least 4 members (excludes halogenated alkanes) is 2. The Hall–Kier alpha value is -4.79. The highest BCUT2D eigenvalue weighted by Gasteiger charge is 2.22. The van der Waals surface area contributed by atoms with Gasteiger partial charge in [0.15, 0.2) is 6.29 Å². The maximum absolute atomic E-state index is 13.5. The predicted molar refractivity (Wildman–Crippen MR) is 198 cm³/mol. The summed E-state index contributed by atoms with van der Waals surface area (Å²) in [6.45, 7) is 10.8. The minimum absolute atomic E-state index is 0.0912. The molecule has 2 atom stereocenters. The van der Waals surface area contributed by atoms with Gasteiger partial charge >= 0.3 is 17.9 Å². The SMILES string of the molecule is CCCCC(CC)COC(=O)c1cc(C(=O)OCC(CC)CCCC)cc(-c2cc(O)cc(-c3cc(C=O)cc(C(=O)OCCC)c3)c2C=O)c1. The van der Waals surface area contributed by atoms with E-state index in [4.69, 9.17) is 14.2 Å². The van der Waals surface area contributed by atoms with E-state index in [-0.39, 0.29) is 76.4 Å². The first-order valence-electron chi connectivity index (χ1n) is 18.2. The molecule has 1 N–H and O–H groups in total. The summed E-state index contributed by atoms with van der Waals surface area (Å²) in [7, 11) is 0. The highest BCUT2D eigenvalue weighted by molar-refractivity contribution is 6.02. The van der Waals surface area contributed by atoms with Gasteiger partial charge in [-0.2, -0.15) is 0 Å². The van der Waals surface area contributed by atoms with E-state index in [1.54, 1.807) is 0 Å². The molecule has 51 heavy (non-hydrogen) atoms. The molecule has 0 aliphatic rings. The van der Waals surface area contributed by atoms with Crippen molar-refractivity contribution in [2.75, 3.05) is 19.8 Å². The first-order chi connectivity index (χ1) is 24.6. The second-order valence-corrected chi connectivity index (χ2v) is 13.0. The van der Waals surface area contributed by atoms with Crippen LogP contribution in [-0.4, -0.2) is 55.4 Å². The lowest BCUT2D eigenvalue weighted by molar-refractivity contribution is 0.0424. The van der Waals surface area contributed by atoms with Crippen molar-refractivity contribution in [2.24, 2.45) is 11.8 Å². The summed E-state index contributed by atoms with van der Waals surface area (Å²) >= 11 is 0. The van der Waals surface area contributed by atoms with Gasteiger partial charge in [-0.15, -0.1) is 0 Å². The molecule has 3 aromatic carbocycles. The summed E-state index contributed by atoms with van der Waals surface area (Å²) in [5, 5.41) is 10.9. The number of aldehydes is 2. The van der Waals surface area contributed by atoms with Crippen LogP contribution in [0.4, 0.5) is 0 Å². The molecular formula is C42H52O9. The second-order valence-electron chi connectivity index (χ2n) is 13.0. The van der Waals surface area contributed by atoms with Gasteiger partial charge < -0.3 is 19.3 Å². The van der Waals surface area contributed by atoms with Gasteiger partial charge in [-0.05, 0) is 102 Å². The number of rotatable bonds is 21. The van der Waals surface area contributed by atoms with Crippen molar-refractivity contribution in [1.29, 1.82) is 0 Å². The fourth-order valence-corrected chi connectivity index (χ4v) is 5.88. The summed E-state index contributed by atoms with van der Waals surface area (Å²) in [6, 6.07) is 11.6. The van der Waals surface area contributed by atoms with Crippen molar-refractivity contribution in [3.8, 4) is 28.0 Å². The molecule has 3 aromatic rings. The smallest absolute Gasteiger partial charge is 0.338 e. The van der Waals surface area contributed by atoms with E-state index in [0.717, 1.165) is 51.4 Å². The molecule has 0 saturated heterocycles. The fraction of sp³-hybridized carbons (Fsp3) is 0.452. The third-order valence-electron chi connectivity index (χ3n) is 9.06. The van der Waals surface area contributed by atoms with Crippen molar-refractivity contribution in [3.05, 3.63) is 76.3 Å². The number of ether oxygens (including phenoxy) is 3. The Balaban J connectivity index is 2.15. The van der Waals surface area contributed by atoms with Crippen LogP contribution >= 0.6 is 0 Å².